The summed E-state index contributed by atoms with van der Waals surface area (Å²) in [6.07, 6.45) is 0. The number of nitrogens with zero attached hydrogens (tertiary/aromatic N) is 1. The Balaban J connectivity index is 1.62. The molecule has 0 aliphatic heterocycles. The lowest BCUT2D eigenvalue weighted by atomic mass is 10.1. The van der Waals surface area contributed by atoms with E-state index in [2.05, 4.69) is 31.8 Å². The summed E-state index contributed by atoms with van der Waals surface area (Å²) in [4.78, 5) is 16.7. The zero-order chi connectivity index (χ0) is 17.2. The summed E-state index contributed by atoms with van der Waals surface area (Å²) in [6.45, 7) is 0. The number of halogens is 1. The number of anilines is 2. The van der Waals surface area contributed by atoms with Crippen molar-refractivity contribution < 1.29 is 4.42 Å². The van der Waals surface area contributed by atoms with Gasteiger partial charge in [0.1, 0.15) is 5.58 Å². The molecule has 0 atom stereocenters. The average Bonchev–Trinajstić information content (AvgIpc) is 3.09. The third-order valence-electron chi connectivity index (χ3n) is 3.56. The Morgan fingerprint density at radius 1 is 1.04 bits per heavy atom. The first kappa shape index (κ1) is 15.9. The lowest BCUT2D eigenvalue weighted by Crippen LogP contribution is -2.08. The lowest BCUT2D eigenvalue weighted by Gasteiger charge is -2.05. The van der Waals surface area contributed by atoms with Crippen molar-refractivity contribution in [2.75, 3.05) is 10.9 Å². The number of hydrogen-bond donors (Lipinski definition) is 2. The van der Waals surface area contributed by atoms with Gasteiger partial charge in [0.05, 0.1) is 16.9 Å². The molecule has 0 aliphatic carbocycles. The molecule has 4 rings (SSSR count). The van der Waals surface area contributed by atoms with E-state index in [0.717, 1.165) is 15.5 Å². The Morgan fingerprint density at radius 3 is 2.72 bits per heavy atom. The Hall–Kier alpha value is -2.64. The van der Waals surface area contributed by atoms with Gasteiger partial charge in [-0.25, -0.2) is 9.78 Å². The van der Waals surface area contributed by atoms with Crippen molar-refractivity contribution in [2.45, 2.75) is 0 Å². The predicted molar refractivity (Wildman–Crippen MR) is 105 cm³/mol. The van der Waals surface area contributed by atoms with Crippen LogP contribution in [0.1, 0.15) is 0 Å². The van der Waals surface area contributed by atoms with E-state index in [1.165, 1.54) is 11.3 Å². The topological polar surface area (TPSA) is 67.2 Å². The van der Waals surface area contributed by atoms with E-state index in [0.29, 0.717) is 22.0 Å². The van der Waals surface area contributed by atoms with Crippen LogP contribution in [0.25, 0.3) is 22.2 Å². The standard InChI is InChI=1S/C18H12BrN3O2S/c19-12-6-7-16-11(8-12)9-14(17(23)24-16)15-10-25-18(20-15)22-21-13-4-2-1-3-5-13/h1-10,21H,(H,20,22). The van der Waals surface area contributed by atoms with Gasteiger partial charge in [0, 0.05) is 15.2 Å². The molecule has 5 nitrogen and oxygen atoms in total. The zero-order valence-electron chi connectivity index (χ0n) is 12.8. The number of aromatic nitrogens is 1. The highest BCUT2D eigenvalue weighted by Gasteiger charge is 2.12. The molecule has 4 aromatic rings. The van der Waals surface area contributed by atoms with E-state index in [4.69, 9.17) is 4.42 Å². The molecule has 25 heavy (non-hydrogen) atoms. The van der Waals surface area contributed by atoms with Crippen molar-refractivity contribution in [1.82, 2.24) is 4.98 Å². The van der Waals surface area contributed by atoms with Gasteiger partial charge in [-0.2, -0.15) is 0 Å². The first-order valence-electron chi connectivity index (χ1n) is 7.45. The molecule has 2 N–H and O–H groups in total. The predicted octanol–water partition coefficient (Wildman–Crippen LogP) is 5.12. The third kappa shape index (κ3) is 3.42. The van der Waals surface area contributed by atoms with Gasteiger partial charge in [-0.05, 0) is 36.4 Å². The molecule has 0 saturated carbocycles. The first-order valence-corrected chi connectivity index (χ1v) is 9.13. The van der Waals surface area contributed by atoms with Gasteiger partial charge in [0.2, 0.25) is 5.13 Å². The number of nitrogens with one attached hydrogen (secondary N) is 2. The number of fused-ring (bicyclic) bond motifs is 1. The van der Waals surface area contributed by atoms with Crippen LogP contribution in [-0.4, -0.2) is 4.98 Å². The van der Waals surface area contributed by atoms with Crippen molar-refractivity contribution in [1.29, 1.82) is 0 Å². The fraction of sp³-hybridized carbons (Fsp3) is 0. The SMILES string of the molecule is O=c1oc2ccc(Br)cc2cc1-c1csc(NNc2ccccc2)n1. The van der Waals surface area contributed by atoms with Crippen LogP contribution in [0.2, 0.25) is 0 Å². The minimum atomic E-state index is -0.400. The molecule has 0 aliphatic rings. The molecule has 0 amide bonds. The van der Waals surface area contributed by atoms with Crippen molar-refractivity contribution in [3.05, 3.63) is 74.9 Å². The zero-order valence-corrected chi connectivity index (χ0v) is 15.2. The Bertz CT molecular complexity index is 1090. The van der Waals surface area contributed by atoms with Gasteiger partial charge < -0.3 is 4.42 Å². The Morgan fingerprint density at radius 2 is 1.88 bits per heavy atom. The smallest absolute Gasteiger partial charge is 0.345 e. The Labute approximate surface area is 155 Å². The molecule has 124 valence electrons. The quantitative estimate of drug-likeness (QED) is 0.359. The normalized spacial score (nSPS) is 10.8. The fourth-order valence-corrected chi connectivity index (χ4v) is 3.42. The van der Waals surface area contributed by atoms with E-state index >= 15 is 0 Å². The Kier molecular flexibility index (Phi) is 4.25. The van der Waals surface area contributed by atoms with Crippen molar-refractivity contribution in [3.8, 4) is 11.3 Å². The summed E-state index contributed by atoms with van der Waals surface area (Å²) in [5, 5.41) is 3.33. The van der Waals surface area contributed by atoms with Crippen LogP contribution in [0.5, 0.6) is 0 Å². The van der Waals surface area contributed by atoms with Crippen LogP contribution in [0.3, 0.4) is 0 Å². The number of hydrazine groups is 1. The molecular weight excluding hydrogens is 402 g/mol. The molecule has 0 unspecified atom stereocenters. The summed E-state index contributed by atoms with van der Waals surface area (Å²) in [6, 6.07) is 17.0. The fourth-order valence-electron chi connectivity index (χ4n) is 2.37. The first-order chi connectivity index (χ1) is 12.2. The van der Waals surface area contributed by atoms with Crippen molar-refractivity contribution in [2.24, 2.45) is 0 Å². The van der Waals surface area contributed by atoms with Gasteiger partial charge in [0.15, 0.2) is 0 Å². The second kappa shape index (κ2) is 6.70. The van der Waals surface area contributed by atoms with Crippen LogP contribution in [0.4, 0.5) is 10.8 Å². The molecule has 0 fully saturated rings. The molecule has 0 spiro atoms. The van der Waals surface area contributed by atoms with Gasteiger partial charge in [-0.15, -0.1) is 11.3 Å². The van der Waals surface area contributed by atoms with Crippen LogP contribution in [-0.2, 0) is 0 Å². The lowest BCUT2D eigenvalue weighted by molar-refractivity contribution is 0.563. The van der Waals surface area contributed by atoms with Crippen molar-refractivity contribution in [3.63, 3.8) is 0 Å². The summed E-state index contributed by atoms with van der Waals surface area (Å²) >= 11 is 4.83. The maximum atomic E-state index is 12.3. The summed E-state index contributed by atoms with van der Waals surface area (Å²) in [7, 11) is 0. The van der Waals surface area contributed by atoms with Crippen LogP contribution in [0, 0.1) is 0 Å². The van der Waals surface area contributed by atoms with Crippen molar-refractivity contribution >= 4 is 49.1 Å². The van der Waals surface area contributed by atoms with E-state index in [1.54, 1.807) is 12.1 Å². The summed E-state index contributed by atoms with van der Waals surface area (Å²) in [5.74, 6) is 0. The molecule has 2 aromatic carbocycles. The van der Waals surface area contributed by atoms with E-state index in [9.17, 15) is 4.79 Å². The van der Waals surface area contributed by atoms with Gasteiger partial charge in [-0.3, -0.25) is 10.9 Å². The minimum Gasteiger partial charge on any atom is -0.422 e. The molecule has 0 radical (unpaired) electrons. The second-order valence-electron chi connectivity index (χ2n) is 5.28. The average molecular weight is 414 g/mol. The van der Waals surface area contributed by atoms with Gasteiger partial charge in [0.25, 0.3) is 0 Å². The van der Waals surface area contributed by atoms with Crippen LogP contribution < -0.4 is 16.5 Å². The van der Waals surface area contributed by atoms with E-state index in [-0.39, 0.29) is 0 Å². The highest BCUT2D eigenvalue weighted by molar-refractivity contribution is 9.10. The van der Waals surface area contributed by atoms with Gasteiger partial charge >= 0.3 is 5.63 Å². The van der Waals surface area contributed by atoms with Gasteiger partial charge in [-0.1, -0.05) is 34.1 Å². The molecule has 0 saturated heterocycles. The number of rotatable bonds is 4. The maximum Gasteiger partial charge on any atom is 0.345 e. The summed E-state index contributed by atoms with van der Waals surface area (Å²) < 4.78 is 6.32. The van der Waals surface area contributed by atoms with Crippen LogP contribution in [0.15, 0.2) is 73.7 Å². The van der Waals surface area contributed by atoms with E-state index < -0.39 is 5.63 Å². The minimum absolute atomic E-state index is 0.400. The molecule has 7 heteroatoms. The molecule has 2 aromatic heterocycles. The third-order valence-corrected chi connectivity index (χ3v) is 4.81. The molecule has 0 bridgehead atoms. The second-order valence-corrected chi connectivity index (χ2v) is 7.06. The monoisotopic (exact) mass is 413 g/mol. The van der Waals surface area contributed by atoms with E-state index in [1.807, 2.05) is 47.8 Å². The highest BCUT2D eigenvalue weighted by atomic mass is 79.9. The maximum absolute atomic E-state index is 12.3. The number of hydrogen-bond acceptors (Lipinski definition) is 6. The largest absolute Gasteiger partial charge is 0.422 e. The number of para-hydroxylation sites is 1. The highest BCUT2D eigenvalue weighted by Crippen LogP contribution is 2.26. The van der Waals surface area contributed by atoms with Crippen LogP contribution >= 0.6 is 27.3 Å². The summed E-state index contributed by atoms with van der Waals surface area (Å²) in [5.41, 5.74) is 8.20. The number of benzene rings is 2. The number of thiazole rings is 1. The molecular formula is C18H12BrN3O2S. The molecule has 2 heterocycles.